The lowest BCUT2D eigenvalue weighted by Crippen LogP contribution is -2.63. The van der Waals surface area contributed by atoms with Gasteiger partial charge in [0.25, 0.3) is 0 Å². The monoisotopic (exact) mass is 411 g/mol. The molecule has 29 heavy (non-hydrogen) atoms. The third-order valence-corrected chi connectivity index (χ3v) is 5.98. The van der Waals surface area contributed by atoms with E-state index in [4.69, 9.17) is 14.2 Å². The zero-order valence-corrected chi connectivity index (χ0v) is 18.1. The lowest BCUT2D eigenvalue weighted by molar-refractivity contribution is -0.216. The molecule has 8 nitrogen and oxygen atoms in total. The number of aliphatic hydroxyl groups is 2. The second kappa shape index (κ2) is 8.95. The molecule has 2 unspecified atom stereocenters. The van der Waals surface area contributed by atoms with Crippen LogP contribution >= 0.6 is 0 Å². The van der Waals surface area contributed by atoms with Crippen LogP contribution in [0.3, 0.4) is 0 Å². The van der Waals surface area contributed by atoms with Crippen LogP contribution in [-0.4, -0.2) is 83.3 Å². The van der Waals surface area contributed by atoms with Gasteiger partial charge in [0.2, 0.25) is 5.60 Å². The Hall–Kier alpha value is -1.74. The minimum absolute atomic E-state index is 0.0640. The quantitative estimate of drug-likeness (QED) is 0.346. The van der Waals surface area contributed by atoms with E-state index < -0.39 is 23.3 Å². The van der Waals surface area contributed by atoms with Crippen LogP contribution in [0.1, 0.15) is 41.0 Å². The van der Waals surface area contributed by atoms with Crippen LogP contribution < -0.4 is 0 Å². The van der Waals surface area contributed by atoms with Crippen molar-refractivity contribution in [2.75, 3.05) is 26.8 Å². The molecule has 1 saturated heterocycles. The van der Waals surface area contributed by atoms with Crippen molar-refractivity contribution in [2.45, 2.75) is 70.5 Å². The highest BCUT2D eigenvalue weighted by Crippen LogP contribution is 2.33. The van der Waals surface area contributed by atoms with Crippen LogP contribution in [0.15, 0.2) is 23.3 Å². The van der Waals surface area contributed by atoms with Gasteiger partial charge in [-0.05, 0) is 46.6 Å². The summed E-state index contributed by atoms with van der Waals surface area (Å²) in [6.45, 7) is 9.03. The van der Waals surface area contributed by atoms with E-state index in [2.05, 4.69) is 4.90 Å². The van der Waals surface area contributed by atoms with Gasteiger partial charge < -0.3 is 24.4 Å². The smallest absolute Gasteiger partial charge is 0.344 e. The van der Waals surface area contributed by atoms with Gasteiger partial charge in [0.1, 0.15) is 18.3 Å². The molecule has 0 aliphatic carbocycles. The maximum absolute atomic E-state index is 12.7. The number of rotatable bonds is 8. The van der Waals surface area contributed by atoms with Crippen molar-refractivity contribution < 1.29 is 34.0 Å². The summed E-state index contributed by atoms with van der Waals surface area (Å²) in [7, 11) is 1.34. The number of allylic oxidation sites excluding steroid dienone is 1. The zero-order chi connectivity index (χ0) is 22.0. The highest BCUT2D eigenvalue weighted by molar-refractivity contribution is 5.87. The average molecular weight is 411 g/mol. The fraction of sp³-hybridized carbons (Fsp3) is 0.714. The number of methoxy groups -OCH3 is 1. The maximum atomic E-state index is 12.7. The summed E-state index contributed by atoms with van der Waals surface area (Å²) in [6.07, 6.45) is 3.05. The van der Waals surface area contributed by atoms with Gasteiger partial charge in [-0.1, -0.05) is 12.2 Å². The van der Waals surface area contributed by atoms with Gasteiger partial charge in [-0.15, -0.1) is 0 Å². The standard InChI is InChI=1S/C21H33NO7/c1-7-13(2)18(23)29-16-9-11-22-10-8-15(17(16)22)12-28-19(24)21(26,14(3)27-6)20(4,5)25/h7-8,14,16-17,25-26H,9-12H2,1-6H3/b13-7-/t14?,16-,17+,21?/m0/s1. The van der Waals surface area contributed by atoms with E-state index in [-0.39, 0.29) is 24.7 Å². The van der Waals surface area contributed by atoms with Crippen LogP contribution in [0.2, 0.25) is 0 Å². The largest absolute Gasteiger partial charge is 0.459 e. The molecule has 0 saturated carbocycles. The molecule has 0 spiro atoms. The molecule has 0 bridgehead atoms. The van der Waals surface area contributed by atoms with Crippen molar-refractivity contribution in [3.05, 3.63) is 23.3 Å². The third kappa shape index (κ3) is 4.55. The summed E-state index contributed by atoms with van der Waals surface area (Å²) in [5, 5.41) is 21.2. The Labute approximate surface area is 172 Å². The van der Waals surface area contributed by atoms with Crippen molar-refractivity contribution >= 4 is 11.9 Å². The van der Waals surface area contributed by atoms with Gasteiger partial charge in [0.15, 0.2) is 0 Å². The number of esters is 2. The SMILES string of the molecule is C/C=C(/C)C(=O)O[C@H]1CCN2CC=C(COC(=O)C(O)(C(C)OC)C(C)(C)O)[C@H]12. The number of hydrogen-bond donors (Lipinski definition) is 2. The summed E-state index contributed by atoms with van der Waals surface area (Å²) in [6, 6.07) is -0.161. The fourth-order valence-corrected chi connectivity index (χ4v) is 3.82. The molecular formula is C21H33NO7. The van der Waals surface area contributed by atoms with Gasteiger partial charge in [-0.2, -0.15) is 0 Å². The molecule has 8 heteroatoms. The fourth-order valence-electron chi connectivity index (χ4n) is 3.82. The molecule has 2 rings (SSSR count). The molecule has 4 atom stereocenters. The lowest BCUT2D eigenvalue weighted by Gasteiger charge is -2.40. The molecule has 164 valence electrons. The Morgan fingerprint density at radius 1 is 1.38 bits per heavy atom. The maximum Gasteiger partial charge on any atom is 0.344 e. The van der Waals surface area contributed by atoms with E-state index in [1.54, 1.807) is 19.9 Å². The first-order valence-corrected chi connectivity index (χ1v) is 9.89. The van der Waals surface area contributed by atoms with E-state index in [1.807, 2.05) is 6.08 Å². The Kier molecular flexibility index (Phi) is 7.27. The lowest BCUT2D eigenvalue weighted by atomic mass is 9.81. The first-order valence-electron chi connectivity index (χ1n) is 9.89. The molecule has 1 fully saturated rings. The molecule has 0 radical (unpaired) electrons. The minimum Gasteiger partial charge on any atom is -0.459 e. The number of nitrogens with zero attached hydrogens (tertiary/aromatic N) is 1. The predicted molar refractivity (Wildman–Crippen MR) is 106 cm³/mol. The van der Waals surface area contributed by atoms with Gasteiger partial charge >= 0.3 is 11.9 Å². The molecule has 2 N–H and O–H groups in total. The Morgan fingerprint density at radius 2 is 2.03 bits per heavy atom. The van der Waals surface area contributed by atoms with Crippen molar-refractivity contribution in [1.29, 1.82) is 0 Å². The van der Waals surface area contributed by atoms with Crippen molar-refractivity contribution in [3.8, 4) is 0 Å². The van der Waals surface area contributed by atoms with E-state index >= 15 is 0 Å². The molecule has 2 aliphatic heterocycles. The summed E-state index contributed by atoms with van der Waals surface area (Å²) in [5.74, 6) is -1.32. The Balaban J connectivity index is 2.08. The molecule has 0 amide bonds. The van der Waals surface area contributed by atoms with Crippen LogP contribution in [0.25, 0.3) is 0 Å². The first kappa shape index (κ1) is 23.5. The normalized spacial score (nSPS) is 25.8. The summed E-state index contributed by atoms with van der Waals surface area (Å²) in [5.41, 5.74) is -2.65. The van der Waals surface area contributed by atoms with Gasteiger partial charge in [0, 0.05) is 25.8 Å². The highest BCUT2D eigenvalue weighted by atomic mass is 16.6. The van der Waals surface area contributed by atoms with E-state index in [1.165, 1.54) is 27.9 Å². The molecule has 0 aromatic carbocycles. The van der Waals surface area contributed by atoms with Crippen LogP contribution in [-0.2, 0) is 23.8 Å². The van der Waals surface area contributed by atoms with E-state index in [0.717, 1.165) is 12.1 Å². The number of hydrogen-bond acceptors (Lipinski definition) is 8. The third-order valence-electron chi connectivity index (χ3n) is 5.98. The van der Waals surface area contributed by atoms with Gasteiger partial charge in [0.05, 0.1) is 12.1 Å². The second-order valence-electron chi connectivity index (χ2n) is 8.20. The molecule has 2 aliphatic rings. The Morgan fingerprint density at radius 3 is 2.59 bits per heavy atom. The van der Waals surface area contributed by atoms with E-state index in [9.17, 15) is 19.8 Å². The van der Waals surface area contributed by atoms with Gasteiger partial charge in [-0.25, -0.2) is 9.59 Å². The second-order valence-corrected chi connectivity index (χ2v) is 8.20. The van der Waals surface area contributed by atoms with Crippen molar-refractivity contribution in [1.82, 2.24) is 4.90 Å². The summed E-state index contributed by atoms with van der Waals surface area (Å²) >= 11 is 0. The average Bonchev–Trinajstić information content (AvgIpc) is 3.26. The number of fused-ring (bicyclic) bond motifs is 1. The minimum atomic E-state index is -2.23. The summed E-state index contributed by atoms with van der Waals surface area (Å²) in [4.78, 5) is 27.0. The van der Waals surface area contributed by atoms with Crippen molar-refractivity contribution in [2.24, 2.45) is 0 Å². The molecular weight excluding hydrogens is 378 g/mol. The van der Waals surface area contributed by atoms with Crippen LogP contribution in [0.4, 0.5) is 0 Å². The molecule has 0 aromatic rings. The van der Waals surface area contributed by atoms with Crippen LogP contribution in [0.5, 0.6) is 0 Å². The number of carbonyl (C=O) groups excluding carboxylic acids is 2. The number of ether oxygens (including phenoxy) is 3. The summed E-state index contributed by atoms with van der Waals surface area (Å²) < 4.78 is 16.1. The topological polar surface area (TPSA) is 106 Å². The predicted octanol–water partition coefficient (Wildman–Crippen LogP) is 0.959. The molecule has 2 heterocycles. The first-order chi connectivity index (χ1) is 13.5. The van der Waals surface area contributed by atoms with Crippen LogP contribution in [0, 0.1) is 0 Å². The molecule has 0 aromatic heterocycles. The highest BCUT2D eigenvalue weighted by Gasteiger charge is 2.55. The van der Waals surface area contributed by atoms with Crippen molar-refractivity contribution in [3.63, 3.8) is 0 Å². The zero-order valence-electron chi connectivity index (χ0n) is 18.1. The van der Waals surface area contributed by atoms with E-state index in [0.29, 0.717) is 18.5 Å². The van der Waals surface area contributed by atoms with Gasteiger partial charge in [-0.3, -0.25) is 4.90 Å². The number of carbonyl (C=O) groups is 2. The Bertz CT molecular complexity index is 694.